The van der Waals surface area contributed by atoms with Crippen LogP contribution in [0.2, 0.25) is 5.02 Å². The molecule has 0 radical (unpaired) electrons. The summed E-state index contributed by atoms with van der Waals surface area (Å²) in [5.41, 5.74) is 6.85. The molecule has 1 heterocycles. The summed E-state index contributed by atoms with van der Waals surface area (Å²) in [5, 5.41) is 4.21. The van der Waals surface area contributed by atoms with Crippen LogP contribution in [0.25, 0.3) is 0 Å². The second kappa shape index (κ2) is 6.86. The highest BCUT2D eigenvalue weighted by Crippen LogP contribution is 2.44. The third kappa shape index (κ3) is 2.98. The molecule has 0 saturated carbocycles. The normalized spacial score (nSPS) is 22.3. The summed E-state index contributed by atoms with van der Waals surface area (Å²) in [6.07, 6.45) is 5.32. The van der Waals surface area contributed by atoms with Crippen LogP contribution >= 0.6 is 11.6 Å². The van der Waals surface area contributed by atoms with Crippen molar-refractivity contribution in [2.45, 2.75) is 31.2 Å². The van der Waals surface area contributed by atoms with Crippen molar-refractivity contribution in [3.05, 3.63) is 76.3 Å². The number of nitrogens with one attached hydrogen (secondary N) is 1. The first-order valence-corrected chi connectivity index (χ1v) is 9.52. The molecule has 0 aromatic heterocycles. The quantitative estimate of drug-likeness (QED) is 0.792. The number of fused-ring (bicyclic) bond motifs is 5. The number of hydrogen-bond acceptors (Lipinski definition) is 2. The van der Waals surface area contributed by atoms with Gasteiger partial charge in [-0.3, -0.25) is 0 Å². The lowest BCUT2D eigenvalue weighted by Gasteiger charge is -2.38. The molecule has 4 rings (SSSR count). The Morgan fingerprint density at radius 2 is 2.04 bits per heavy atom. The summed E-state index contributed by atoms with van der Waals surface area (Å²) in [5.74, 6) is 0.425. The van der Waals surface area contributed by atoms with E-state index in [1.807, 2.05) is 6.08 Å². The van der Waals surface area contributed by atoms with E-state index in [2.05, 4.69) is 60.2 Å². The summed E-state index contributed by atoms with van der Waals surface area (Å²) < 4.78 is 0. The van der Waals surface area contributed by atoms with E-state index in [-0.39, 0.29) is 0 Å². The van der Waals surface area contributed by atoms with Gasteiger partial charge >= 0.3 is 0 Å². The Labute approximate surface area is 155 Å². The maximum absolute atomic E-state index is 6.55. The molecule has 0 amide bonds. The molecule has 0 spiro atoms. The van der Waals surface area contributed by atoms with Gasteiger partial charge in [0.2, 0.25) is 0 Å². The van der Waals surface area contributed by atoms with Gasteiger partial charge in [0.15, 0.2) is 0 Å². The Kier molecular flexibility index (Phi) is 4.58. The highest BCUT2D eigenvalue weighted by atomic mass is 35.5. The number of likely N-dealkylation sites (N-methyl/N-ethyl adjacent to an activating group) is 1. The third-order valence-corrected chi connectivity index (χ3v) is 6.10. The number of anilines is 1. The molecule has 1 N–H and O–H groups in total. The lowest BCUT2D eigenvalue weighted by Crippen LogP contribution is -2.39. The Morgan fingerprint density at radius 3 is 2.88 bits per heavy atom. The fourth-order valence-electron chi connectivity index (χ4n) is 4.51. The second-order valence-corrected chi connectivity index (χ2v) is 7.62. The average molecular weight is 353 g/mol. The standard InChI is InChI=1S/C22H25ClN2/c1-3-11-24-20-14-18-16(13-19(20)23)10-12-25(2)21-9-8-15-6-4-5-7-17(15)22(18)21/h3-7,13-14,21-22,24H,1,8-12H2,2H3/t21-,22+/m0/s1. The molecule has 130 valence electrons. The van der Waals surface area contributed by atoms with E-state index in [1.165, 1.54) is 35.1 Å². The predicted molar refractivity (Wildman–Crippen MR) is 107 cm³/mol. The van der Waals surface area contributed by atoms with Gasteiger partial charge in [-0.05, 0) is 60.7 Å². The van der Waals surface area contributed by atoms with Crippen LogP contribution in [-0.4, -0.2) is 31.1 Å². The zero-order valence-electron chi connectivity index (χ0n) is 14.8. The topological polar surface area (TPSA) is 15.3 Å². The summed E-state index contributed by atoms with van der Waals surface area (Å²) in [7, 11) is 2.27. The van der Waals surface area contributed by atoms with E-state index < -0.39 is 0 Å². The van der Waals surface area contributed by atoms with Crippen LogP contribution in [0.4, 0.5) is 5.69 Å². The van der Waals surface area contributed by atoms with Crippen molar-refractivity contribution in [1.29, 1.82) is 0 Å². The third-order valence-electron chi connectivity index (χ3n) is 5.79. The van der Waals surface area contributed by atoms with E-state index in [9.17, 15) is 0 Å². The molecule has 1 aliphatic heterocycles. The lowest BCUT2D eigenvalue weighted by atomic mass is 9.74. The fourth-order valence-corrected chi connectivity index (χ4v) is 4.76. The van der Waals surface area contributed by atoms with E-state index in [0.717, 1.165) is 30.2 Å². The average Bonchev–Trinajstić information content (AvgIpc) is 2.77. The zero-order valence-corrected chi connectivity index (χ0v) is 15.5. The van der Waals surface area contributed by atoms with Crippen molar-refractivity contribution >= 4 is 17.3 Å². The number of aryl methyl sites for hydroxylation is 1. The molecule has 25 heavy (non-hydrogen) atoms. The molecule has 2 aliphatic rings. The van der Waals surface area contributed by atoms with Crippen LogP contribution in [-0.2, 0) is 12.8 Å². The van der Waals surface area contributed by atoms with Gasteiger partial charge in [0.25, 0.3) is 0 Å². The van der Waals surface area contributed by atoms with Crippen molar-refractivity contribution in [3.8, 4) is 0 Å². The maximum atomic E-state index is 6.55. The Bertz CT molecular complexity index is 799. The summed E-state index contributed by atoms with van der Waals surface area (Å²) >= 11 is 6.55. The minimum Gasteiger partial charge on any atom is -0.380 e. The van der Waals surface area contributed by atoms with Crippen molar-refractivity contribution in [1.82, 2.24) is 4.90 Å². The van der Waals surface area contributed by atoms with Crippen molar-refractivity contribution in [2.75, 3.05) is 25.5 Å². The molecule has 0 saturated heterocycles. The second-order valence-electron chi connectivity index (χ2n) is 7.21. The number of rotatable bonds is 3. The smallest absolute Gasteiger partial charge is 0.0640 e. The fraction of sp³-hybridized carbons (Fsp3) is 0.364. The van der Waals surface area contributed by atoms with Crippen LogP contribution < -0.4 is 5.32 Å². The molecular weight excluding hydrogens is 328 g/mol. The molecule has 0 fully saturated rings. The molecule has 0 unspecified atom stereocenters. The monoisotopic (exact) mass is 352 g/mol. The van der Waals surface area contributed by atoms with Gasteiger partial charge in [-0.25, -0.2) is 0 Å². The largest absolute Gasteiger partial charge is 0.380 e. The molecule has 0 bridgehead atoms. The summed E-state index contributed by atoms with van der Waals surface area (Å²) in [4.78, 5) is 2.55. The summed E-state index contributed by atoms with van der Waals surface area (Å²) in [6, 6.07) is 14.0. The van der Waals surface area contributed by atoms with Gasteiger partial charge in [-0.2, -0.15) is 0 Å². The van der Waals surface area contributed by atoms with Gasteiger partial charge in [-0.15, -0.1) is 6.58 Å². The van der Waals surface area contributed by atoms with Crippen molar-refractivity contribution in [3.63, 3.8) is 0 Å². The van der Waals surface area contributed by atoms with Crippen LogP contribution in [0.5, 0.6) is 0 Å². The molecule has 3 heteroatoms. The zero-order chi connectivity index (χ0) is 17.4. The Balaban J connectivity index is 1.87. The van der Waals surface area contributed by atoms with Gasteiger partial charge in [0, 0.05) is 25.0 Å². The Hall–Kier alpha value is -1.77. The van der Waals surface area contributed by atoms with Gasteiger partial charge in [0.05, 0.1) is 10.7 Å². The molecule has 1 aliphatic carbocycles. The number of halogens is 1. The van der Waals surface area contributed by atoms with Crippen molar-refractivity contribution in [2.24, 2.45) is 0 Å². The van der Waals surface area contributed by atoms with E-state index in [4.69, 9.17) is 11.6 Å². The van der Waals surface area contributed by atoms with Crippen LogP contribution in [0, 0.1) is 0 Å². The van der Waals surface area contributed by atoms with E-state index in [0.29, 0.717) is 12.0 Å². The minimum absolute atomic E-state index is 0.425. The first-order valence-electron chi connectivity index (χ1n) is 9.14. The molecular formula is C22H25ClN2. The molecule has 2 aromatic rings. The van der Waals surface area contributed by atoms with Gasteiger partial charge in [-0.1, -0.05) is 41.9 Å². The van der Waals surface area contributed by atoms with Crippen LogP contribution in [0.3, 0.4) is 0 Å². The lowest BCUT2D eigenvalue weighted by molar-refractivity contribution is 0.214. The number of nitrogens with zero attached hydrogens (tertiary/aromatic N) is 1. The first-order chi connectivity index (χ1) is 12.2. The molecule has 2 aromatic carbocycles. The molecule has 2 atom stereocenters. The van der Waals surface area contributed by atoms with Gasteiger partial charge < -0.3 is 10.2 Å². The summed E-state index contributed by atoms with van der Waals surface area (Å²) in [6.45, 7) is 5.62. The van der Waals surface area contributed by atoms with Crippen molar-refractivity contribution < 1.29 is 0 Å². The first kappa shape index (κ1) is 16.7. The highest BCUT2D eigenvalue weighted by Gasteiger charge is 2.36. The van der Waals surface area contributed by atoms with Gasteiger partial charge in [0.1, 0.15) is 0 Å². The van der Waals surface area contributed by atoms with Crippen LogP contribution in [0.1, 0.15) is 34.6 Å². The number of hydrogen-bond donors (Lipinski definition) is 1. The van der Waals surface area contributed by atoms with E-state index >= 15 is 0 Å². The SMILES string of the molecule is C=CCNc1cc2c(cc1Cl)CCN(C)[C@H]1CCc3ccccc3[C@H]21. The van der Waals surface area contributed by atoms with E-state index in [1.54, 1.807) is 0 Å². The maximum Gasteiger partial charge on any atom is 0.0640 e. The van der Waals surface area contributed by atoms with Crippen LogP contribution in [0.15, 0.2) is 49.1 Å². The predicted octanol–water partition coefficient (Wildman–Crippen LogP) is 4.87. The number of benzene rings is 2. The highest BCUT2D eigenvalue weighted by molar-refractivity contribution is 6.33. The molecule has 2 nitrogen and oxygen atoms in total. The minimum atomic E-state index is 0.425. The Morgan fingerprint density at radius 1 is 1.20 bits per heavy atom.